The summed E-state index contributed by atoms with van der Waals surface area (Å²) in [6.45, 7) is 6.47. The van der Waals surface area contributed by atoms with Gasteiger partial charge in [0, 0.05) is 30.8 Å². The minimum atomic E-state index is 0.355. The van der Waals surface area contributed by atoms with Crippen molar-refractivity contribution in [3.05, 3.63) is 11.1 Å². The van der Waals surface area contributed by atoms with Gasteiger partial charge in [-0.25, -0.2) is 4.98 Å². The number of hydrogen-bond donors (Lipinski definition) is 1. The number of rotatable bonds is 8. The van der Waals surface area contributed by atoms with Crippen LogP contribution < -0.4 is 10.2 Å². The molecule has 0 aliphatic carbocycles. The lowest BCUT2D eigenvalue weighted by molar-refractivity contribution is 0.561. The number of thioether (sulfide) groups is 1. The van der Waals surface area contributed by atoms with Gasteiger partial charge in [-0.2, -0.15) is 11.8 Å². The minimum Gasteiger partial charge on any atom is -0.350 e. The lowest BCUT2D eigenvalue weighted by Gasteiger charge is -2.15. The maximum absolute atomic E-state index is 4.69. The van der Waals surface area contributed by atoms with Crippen molar-refractivity contribution < 1.29 is 0 Å². The van der Waals surface area contributed by atoms with Gasteiger partial charge in [0.2, 0.25) is 0 Å². The largest absolute Gasteiger partial charge is 0.350 e. The van der Waals surface area contributed by atoms with Crippen LogP contribution in [-0.2, 0) is 0 Å². The van der Waals surface area contributed by atoms with Crippen molar-refractivity contribution in [3.8, 4) is 0 Å². The van der Waals surface area contributed by atoms with E-state index in [1.54, 1.807) is 11.3 Å². The van der Waals surface area contributed by atoms with Crippen LogP contribution in [0.1, 0.15) is 32.0 Å². The Bertz CT molecular complexity index is 286. The zero-order chi connectivity index (χ0) is 12.7. The fourth-order valence-corrected chi connectivity index (χ4v) is 2.81. The van der Waals surface area contributed by atoms with E-state index in [9.17, 15) is 0 Å². The summed E-state index contributed by atoms with van der Waals surface area (Å²) in [6, 6.07) is 0.355. The normalized spacial score (nSPS) is 12.7. The Morgan fingerprint density at radius 2 is 2.35 bits per heavy atom. The van der Waals surface area contributed by atoms with Crippen LogP contribution in [0.25, 0.3) is 0 Å². The molecule has 0 saturated carbocycles. The summed E-state index contributed by atoms with van der Waals surface area (Å²) in [5.74, 6) is 1.15. The van der Waals surface area contributed by atoms with Gasteiger partial charge >= 0.3 is 0 Å². The zero-order valence-electron chi connectivity index (χ0n) is 11.2. The first-order valence-corrected chi connectivity index (χ1v) is 8.35. The second-order valence-corrected chi connectivity index (χ2v) is 5.97. The van der Waals surface area contributed by atoms with Crippen LogP contribution in [0.15, 0.2) is 5.38 Å². The smallest absolute Gasteiger partial charge is 0.185 e. The summed E-state index contributed by atoms with van der Waals surface area (Å²) in [4.78, 5) is 6.92. The SMILES string of the molecule is CCCNC(C)c1csc(N(C)CCSC)n1. The molecular formula is C12H23N3S2. The topological polar surface area (TPSA) is 28.2 Å². The number of nitrogens with one attached hydrogen (secondary N) is 1. The Morgan fingerprint density at radius 3 is 3.00 bits per heavy atom. The molecule has 3 nitrogen and oxygen atoms in total. The lowest BCUT2D eigenvalue weighted by Crippen LogP contribution is -2.21. The van der Waals surface area contributed by atoms with Gasteiger partial charge in [-0.3, -0.25) is 0 Å². The first-order valence-electron chi connectivity index (χ1n) is 6.08. The Labute approximate surface area is 113 Å². The number of thiazole rings is 1. The van der Waals surface area contributed by atoms with Crippen molar-refractivity contribution >= 4 is 28.2 Å². The molecule has 1 N–H and O–H groups in total. The third-order valence-electron chi connectivity index (χ3n) is 2.61. The highest BCUT2D eigenvalue weighted by molar-refractivity contribution is 7.98. The number of hydrogen-bond acceptors (Lipinski definition) is 5. The first kappa shape index (κ1) is 14.8. The average Bonchev–Trinajstić information content (AvgIpc) is 2.82. The third-order valence-corrected chi connectivity index (χ3v) is 4.18. The predicted molar refractivity (Wildman–Crippen MR) is 80.5 cm³/mol. The van der Waals surface area contributed by atoms with Gasteiger partial charge in [-0.15, -0.1) is 11.3 Å². The summed E-state index contributed by atoms with van der Waals surface area (Å²) in [5, 5.41) is 6.75. The van der Waals surface area contributed by atoms with E-state index >= 15 is 0 Å². The molecule has 0 aromatic carbocycles. The molecule has 0 aliphatic rings. The molecule has 0 fully saturated rings. The highest BCUT2D eigenvalue weighted by Gasteiger charge is 2.11. The van der Waals surface area contributed by atoms with E-state index in [4.69, 9.17) is 0 Å². The van der Waals surface area contributed by atoms with Crippen molar-refractivity contribution in [3.63, 3.8) is 0 Å². The van der Waals surface area contributed by atoms with Gasteiger partial charge in [-0.05, 0) is 26.1 Å². The minimum absolute atomic E-state index is 0.355. The molecule has 0 spiro atoms. The van der Waals surface area contributed by atoms with E-state index < -0.39 is 0 Å². The summed E-state index contributed by atoms with van der Waals surface area (Å²) in [5.41, 5.74) is 1.16. The highest BCUT2D eigenvalue weighted by atomic mass is 32.2. The number of nitrogens with zero attached hydrogens (tertiary/aromatic N) is 2. The van der Waals surface area contributed by atoms with Gasteiger partial charge in [0.25, 0.3) is 0 Å². The van der Waals surface area contributed by atoms with Gasteiger partial charge in [-0.1, -0.05) is 6.92 Å². The molecular weight excluding hydrogens is 250 g/mol. The van der Waals surface area contributed by atoms with E-state index in [2.05, 4.69) is 47.7 Å². The summed E-state index contributed by atoms with van der Waals surface area (Å²) >= 11 is 3.61. The molecule has 0 aliphatic heterocycles. The Hall–Kier alpha value is -0.260. The van der Waals surface area contributed by atoms with Gasteiger partial charge in [0.15, 0.2) is 5.13 Å². The predicted octanol–water partition coefficient (Wildman–Crippen LogP) is 3.00. The molecule has 1 aromatic rings. The molecule has 0 bridgehead atoms. The van der Waals surface area contributed by atoms with Crippen LogP contribution in [0, 0.1) is 0 Å². The van der Waals surface area contributed by atoms with Crippen LogP contribution in [-0.4, -0.2) is 37.1 Å². The lowest BCUT2D eigenvalue weighted by atomic mass is 10.2. The molecule has 1 aromatic heterocycles. The van der Waals surface area contributed by atoms with E-state index in [1.165, 1.54) is 0 Å². The van der Waals surface area contributed by atoms with Crippen molar-refractivity contribution in [2.24, 2.45) is 0 Å². The van der Waals surface area contributed by atoms with E-state index in [0.717, 1.165) is 36.1 Å². The Kier molecular flexibility index (Phi) is 6.92. The summed E-state index contributed by atoms with van der Waals surface area (Å²) in [6.07, 6.45) is 3.30. The Balaban J connectivity index is 2.51. The van der Waals surface area contributed by atoms with Crippen LogP contribution in [0.4, 0.5) is 5.13 Å². The standard InChI is InChI=1S/C12H23N3S2/c1-5-6-13-10(2)11-9-17-12(14-11)15(3)7-8-16-4/h9-10,13H,5-8H2,1-4H3. The molecule has 1 heterocycles. The van der Waals surface area contributed by atoms with Crippen molar-refractivity contribution in [2.45, 2.75) is 26.3 Å². The fourth-order valence-electron chi connectivity index (χ4n) is 1.44. The molecule has 5 heteroatoms. The van der Waals surface area contributed by atoms with E-state index in [1.807, 2.05) is 11.8 Å². The number of anilines is 1. The van der Waals surface area contributed by atoms with Crippen molar-refractivity contribution in [1.29, 1.82) is 0 Å². The molecule has 0 radical (unpaired) electrons. The van der Waals surface area contributed by atoms with Gasteiger partial charge < -0.3 is 10.2 Å². The maximum Gasteiger partial charge on any atom is 0.185 e. The molecule has 17 heavy (non-hydrogen) atoms. The molecule has 98 valence electrons. The van der Waals surface area contributed by atoms with Crippen molar-refractivity contribution in [1.82, 2.24) is 10.3 Å². The van der Waals surface area contributed by atoms with Crippen LogP contribution in [0.3, 0.4) is 0 Å². The third kappa shape index (κ3) is 4.85. The summed E-state index contributed by atoms with van der Waals surface area (Å²) in [7, 11) is 2.11. The van der Waals surface area contributed by atoms with Gasteiger partial charge in [0.05, 0.1) is 5.69 Å². The van der Waals surface area contributed by atoms with Crippen molar-refractivity contribution in [2.75, 3.05) is 37.0 Å². The monoisotopic (exact) mass is 273 g/mol. The molecule has 0 amide bonds. The molecule has 0 saturated heterocycles. The average molecular weight is 273 g/mol. The zero-order valence-corrected chi connectivity index (χ0v) is 12.8. The quantitative estimate of drug-likeness (QED) is 0.788. The van der Waals surface area contributed by atoms with E-state index in [-0.39, 0.29) is 0 Å². The van der Waals surface area contributed by atoms with Crippen LogP contribution in [0.5, 0.6) is 0 Å². The second kappa shape index (κ2) is 7.95. The van der Waals surface area contributed by atoms with Gasteiger partial charge in [0.1, 0.15) is 0 Å². The maximum atomic E-state index is 4.69. The summed E-state index contributed by atoms with van der Waals surface area (Å²) < 4.78 is 0. The molecule has 1 unspecified atom stereocenters. The van der Waals surface area contributed by atoms with Crippen LogP contribution >= 0.6 is 23.1 Å². The fraction of sp³-hybridized carbons (Fsp3) is 0.750. The second-order valence-electron chi connectivity index (χ2n) is 4.15. The van der Waals surface area contributed by atoms with E-state index in [0.29, 0.717) is 6.04 Å². The first-order chi connectivity index (χ1) is 8.19. The molecule has 1 rings (SSSR count). The Morgan fingerprint density at radius 1 is 1.59 bits per heavy atom. The molecule has 1 atom stereocenters. The van der Waals surface area contributed by atoms with Crippen LogP contribution in [0.2, 0.25) is 0 Å². The highest BCUT2D eigenvalue weighted by Crippen LogP contribution is 2.23. The number of aromatic nitrogens is 1.